The Morgan fingerprint density at radius 3 is 2.71 bits per heavy atom. The first-order chi connectivity index (χ1) is 7.95. The molecule has 0 saturated carbocycles. The number of amides is 1. The third-order valence-electron chi connectivity index (χ3n) is 2.54. The molecule has 1 aromatic heterocycles. The molecule has 1 atom stereocenters. The van der Waals surface area contributed by atoms with Gasteiger partial charge >= 0.3 is 0 Å². The van der Waals surface area contributed by atoms with E-state index >= 15 is 0 Å². The lowest BCUT2D eigenvalue weighted by Crippen LogP contribution is -2.33. The van der Waals surface area contributed by atoms with Gasteiger partial charge in [0.1, 0.15) is 0 Å². The Balaban J connectivity index is 2.63. The standard InChI is InChI=1S/C12H18ClNO2S/c1-8-5-11(17-9(8)2)12(15)14(3)6-10(13)7-16-4/h5,10H,6-7H2,1-4H3. The Morgan fingerprint density at radius 1 is 1.59 bits per heavy atom. The van der Waals surface area contributed by atoms with Crippen molar-refractivity contribution in [1.82, 2.24) is 4.90 Å². The molecule has 17 heavy (non-hydrogen) atoms. The van der Waals surface area contributed by atoms with E-state index in [1.54, 1.807) is 19.1 Å². The number of ether oxygens (including phenoxy) is 1. The van der Waals surface area contributed by atoms with Crippen molar-refractivity contribution in [2.24, 2.45) is 0 Å². The van der Waals surface area contributed by atoms with E-state index in [9.17, 15) is 4.79 Å². The summed E-state index contributed by atoms with van der Waals surface area (Å²) in [6.07, 6.45) is 0. The van der Waals surface area contributed by atoms with Gasteiger partial charge in [-0.3, -0.25) is 4.79 Å². The maximum Gasteiger partial charge on any atom is 0.263 e. The molecule has 3 nitrogen and oxygen atoms in total. The summed E-state index contributed by atoms with van der Waals surface area (Å²) >= 11 is 7.55. The maximum atomic E-state index is 12.1. The SMILES string of the molecule is COCC(Cl)CN(C)C(=O)c1cc(C)c(C)s1. The van der Waals surface area contributed by atoms with Crippen molar-refractivity contribution in [2.45, 2.75) is 19.2 Å². The van der Waals surface area contributed by atoms with Gasteiger partial charge in [-0.05, 0) is 25.5 Å². The number of hydrogen-bond acceptors (Lipinski definition) is 3. The van der Waals surface area contributed by atoms with E-state index in [4.69, 9.17) is 16.3 Å². The van der Waals surface area contributed by atoms with Crippen LogP contribution in [0.4, 0.5) is 0 Å². The fourth-order valence-electron chi connectivity index (χ4n) is 1.48. The number of hydrogen-bond donors (Lipinski definition) is 0. The average molecular weight is 276 g/mol. The van der Waals surface area contributed by atoms with Crippen molar-refractivity contribution in [2.75, 3.05) is 27.3 Å². The Hall–Kier alpha value is -0.580. The van der Waals surface area contributed by atoms with Crippen molar-refractivity contribution < 1.29 is 9.53 Å². The number of alkyl halides is 1. The number of halogens is 1. The second-order valence-corrected chi connectivity index (χ2v) is 5.96. The van der Waals surface area contributed by atoms with Gasteiger partial charge in [0.2, 0.25) is 0 Å². The van der Waals surface area contributed by atoms with Gasteiger partial charge in [0.15, 0.2) is 0 Å². The highest BCUT2D eigenvalue weighted by Crippen LogP contribution is 2.21. The normalized spacial score (nSPS) is 12.5. The lowest BCUT2D eigenvalue weighted by Gasteiger charge is -2.19. The molecule has 0 saturated heterocycles. The highest BCUT2D eigenvalue weighted by Gasteiger charge is 2.17. The third-order valence-corrected chi connectivity index (χ3v) is 3.95. The van der Waals surface area contributed by atoms with E-state index in [0.717, 1.165) is 10.4 Å². The molecular weight excluding hydrogens is 258 g/mol. The summed E-state index contributed by atoms with van der Waals surface area (Å²) in [5.74, 6) is 0.0213. The summed E-state index contributed by atoms with van der Waals surface area (Å²) in [5, 5.41) is -0.170. The fraction of sp³-hybridized carbons (Fsp3) is 0.583. The smallest absolute Gasteiger partial charge is 0.263 e. The predicted octanol–water partition coefficient (Wildman–Crippen LogP) is 2.69. The molecule has 0 fully saturated rings. The van der Waals surface area contributed by atoms with E-state index < -0.39 is 0 Å². The van der Waals surface area contributed by atoms with E-state index in [-0.39, 0.29) is 11.3 Å². The van der Waals surface area contributed by atoms with Crippen LogP contribution in [0.25, 0.3) is 0 Å². The van der Waals surface area contributed by atoms with Crippen LogP contribution in [-0.4, -0.2) is 43.5 Å². The molecule has 0 radical (unpaired) electrons. The molecular formula is C12H18ClNO2S. The molecule has 0 N–H and O–H groups in total. The molecule has 0 aliphatic rings. The zero-order chi connectivity index (χ0) is 13.0. The summed E-state index contributed by atoms with van der Waals surface area (Å²) in [6.45, 7) is 4.97. The summed E-state index contributed by atoms with van der Waals surface area (Å²) in [4.78, 5) is 15.7. The van der Waals surface area contributed by atoms with Crippen LogP contribution in [0, 0.1) is 13.8 Å². The van der Waals surface area contributed by atoms with E-state index in [1.165, 1.54) is 16.2 Å². The summed E-state index contributed by atoms with van der Waals surface area (Å²) in [5.41, 5.74) is 1.16. The molecule has 0 aromatic carbocycles. The minimum atomic E-state index is -0.170. The minimum Gasteiger partial charge on any atom is -0.383 e. The van der Waals surface area contributed by atoms with Crippen LogP contribution >= 0.6 is 22.9 Å². The number of carbonyl (C=O) groups is 1. The van der Waals surface area contributed by atoms with Crippen LogP contribution < -0.4 is 0 Å². The van der Waals surface area contributed by atoms with Crippen LogP contribution in [0.1, 0.15) is 20.1 Å². The fourth-order valence-corrected chi connectivity index (χ4v) is 2.84. The third kappa shape index (κ3) is 3.98. The molecule has 1 amide bonds. The van der Waals surface area contributed by atoms with Gasteiger partial charge in [-0.2, -0.15) is 0 Å². The van der Waals surface area contributed by atoms with E-state index in [0.29, 0.717) is 13.2 Å². The molecule has 0 spiro atoms. The topological polar surface area (TPSA) is 29.5 Å². The number of nitrogens with zero attached hydrogens (tertiary/aromatic N) is 1. The number of thiophene rings is 1. The molecule has 0 aliphatic carbocycles. The van der Waals surface area contributed by atoms with Gasteiger partial charge < -0.3 is 9.64 Å². The maximum absolute atomic E-state index is 12.1. The number of aryl methyl sites for hydroxylation is 2. The van der Waals surface area contributed by atoms with Crippen molar-refractivity contribution in [3.63, 3.8) is 0 Å². The summed E-state index contributed by atoms with van der Waals surface area (Å²) in [6, 6.07) is 1.93. The molecule has 0 aliphatic heterocycles. The average Bonchev–Trinajstić information content (AvgIpc) is 2.58. The Labute approximate surface area is 111 Å². The molecule has 1 unspecified atom stereocenters. The van der Waals surface area contributed by atoms with Gasteiger partial charge in [0, 0.05) is 25.6 Å². The van der Waals surface area contributed by atoms with Gasteiger partial charge in [-0.25, -0.2) is 0 Å². The largest absolute Gasteiger partial charge is 0.383 e. The van der Waals surface area contributed by atoms with Crippen molar-refractivity contribution >= 4 is 28.8 Å². The monoisotopic (exact) mass is 275 g/mol. The van der Waals surface area contributed by atoms with Crippen LogP contribution in [-0.2, 0) is 4.74 Å². The minimum absolute atomic E-state index is 0.0213. The van der Waals surface area contributed by atoms with Gasteiger partial charge in [-0.15, -0.1) is 22.9 Å². The molecule has 5 heteroatoms. The van der Waals surface area contributed by atoms with Gasteiger partial charge in [0.05, 0.1) is 16.9 Å². The summed E-state index contributed by atoms with van der Waals surface area (Å²) < 4.78 is 4.95. The quantitative estimate of drug-likeness (QED) is 0.774. The van der Waals surface area contributed by atoms with Crippen LogP contribution in [0.3, 0.4) is 0 Å². The van der Waals surface area contributed by atoms with Crippen molar-refractivity contribution in [3.8, 4) is 0 Å². The van der Waals surface area contributed by atoms with Crippen LogP contribution in [0.2, 0.25) is 0 Å². The molecule has 96 valence electrons. The summed E-state index contributed by atoms with van der Waals surface area (Å²) in [7, 11) is 3.36. The Bertz CT molecular complexity index is 372. The van der Waals surface area contributed by atoms with Gasteiger partial charge in [-0.1, -0.05) is 0 Å². The van der Waals surface area contributed by atoms with E-state index in [2.05, 4.69) is 0 Å². The molecule has 1 heterocycles. The first-order valence-corrected chi connectivity index (χ1v) is 6.66. The second-order valence-electron chi connectivity index (χ2n) is 4.09. The van der Waals surface area contributed by atoms with Crippen LogP contribution in [0.15, 0.2) is 6.07 Å². The highest BCUT2D eigenvalue weighted by atomic mass is 35.5. The van der Waals surface area contributed by atoms with E-state index in [1.807, 2.05) is 19.9 Å². The predicted molar refractivity (Wildman–Crippen MR) is 72.3 cm³/mol. The Kier molecular flexibility index (Phi) is 5.43. The molecule has 1 aromatic rings. The second kappa shape index (κ2) is 6.38. The van der Waals surface area contributed by atoms with Crippen LogP contribution in [0.5, 0.6) is 0 Å². The molecule has 0 bridgehead atoms. The number of methoxy groups -OCH3 is 1. The molecule has 1 rings (SSSR count). The lowest BCUT2D eigenvalue weighted by atomic mass is 10.2. The first kappa shape index (κ1) is 14.5. The zero-order valence-electron chi connectivity index (χ0n) is 10.6. The Morgan fingerprint density at radius 2 is 2.24 bits per heavy atom. The number of carbonyl (C=O) groups excluding carboxylic acids is 1. The highest BCUT2D eigenvalue weighted by molar-refractivity contribution is 7.14. The van der Waals surface area contributed by atoms with Crippen molar-refractivity contribution in [3.05, 3.63) is 21.4 Å². The van der Waals surface area contributed by atoms with Gasteiger partial charge in [0.25, 0.3) is 5.91 Å². The first-order valence-electron chi connectivity index (χ1n) is 5.41. The zero-order valence-corrected chi connectivity index (χ0v) is 12.2. The lowest BCUT2D eigenvalue weighted by molar-refractivity contribution is 0.0786. The number of rotatable bonds is 5. The van der Waals surface area contributed by atoms with Crippen molar-refractivity contribution in [1.29, 1.82) is 0 Å².